The van der Waals surface area contributed by atoms with Crippen molar-refractivity contribution in [3.05, 3.63) is 0 Å². The second-order valence-electron chi connectivity index (χ2n) is 3.48. The van der Waals surface area contributed by atoms with E-state index in [4.69, 9.17) is 9.84 Å². The van der Waals surface area contributed by atoms with Gasteiger partial charge in [-0.15, -0.1) is 0 Å². The molecule has 0 unspecified atom stereocenters. The first-order valence-electron chi connectivity index (χ1n) is 4.96. The van der Waals surface area contributed by atoms with Crippen molar-refractivity contribution in [1.29, 1.82) is 0 Å². The lowest BCUT2D eigenvalue weighted by Gasteiger charge is -2.21. The first-order chi connectivity index (χ1) is 7.40. The Balaban J connectivity index is 4.16. The van der Waals surface area contributed by atoms with Gasteiger partial charge < -0.3 is 14.7 Å². The molecule has 7 heteroatoms. The quantitative estimate of drug-likeness (QED) is 0.593. The standard InChI is InChI=1S/C9H19NO5S/c1-15-7-5-10(4-6-11)9(12)3-8-16(2,13)14/h11H,3-8H2,1-2H3. The van der Waals surface area contributed by atoms with Gasteiger partial charge in [0, 0.05) is 32.9 Å². The Labute approximate surface area is 96.1 Å². The Bertz CT molecular complexity index is 301. The molecular formula is C9H19NO5S. The second-order valence-corrected chi connectivity index (χ2v) is 5.74. The third-order valence-corrected chi connectivity index (χ3v) is 2.92. The molecule has 6 nitrogen and oxygen atoms in total. The van der Waals surface area contributed by atoms with Crippen LogP contribution in [0.25, 0.3) is 0 Å². The summed E-state index contributed by atoms with van der Waals surface area (Å²) < 4.78 is 26.6. The third-order valence-electron chi connectivity index (χ3n) is 1.97. The molecular weight excluding hydrogens is 234 g/mol. The number of amides is 1. The zero-order valence-corrected chi connectivity index (χ0v) is 10.5. The van der Waals surface area contributed by atoms with Crippen molar-refractivity contribution >= 4 is 15.7 Å². The van der Waals surface area contributed by atoms with Crippen LogP contribution in [-0.2, 0) is 19.4 Å². The maximum absolute atomic E-state index is 11.6. The molecule has 0 aliphatic heterocycles. The van der Waals surface area contributed by atoms with E-state index in [2.05, 4.69) is 0 Å². The minimum absolute atomic E-state index is 0.0530. The summed E-state index contributed by atoms with van der Waals surface area (Å²) in [5.74, 6) is -0.447. The first-order valence-corrected chi connectivity index (χ1v) is 7.02. The maximum atomic E-state index is 11.6. The van der Waals surface area contributed by atoms with Gasteiger partial charge >= 0.3 is 0 Å². The zero-order valence-electron chi connectivity index (χ0n) is 9.68. The normalized spacial score (nSPS) is 11.4. The Morgan fingerprint density at radius 1 is 1.38 bits per heavy atom. The molecule has 0 saturated heterocycles. The average Bonchev–Trinajstić information content (AvgIpc) is 2.19. The van der Waals surface area contributed by atoms with E-state index in [1.165, 1.54) is 12.0 Å². The van der Waals surface area contributed by atoms with Crippen LogP contribution in [0, 0.1) is 0 Å². The van der Waals surface area contributed by atoms with Gasteiger partial charge in [0.2, 0.25) is 5.91 Å². The highest BCUT2D eigenvalue weighted by atomic mass is 32.2. The van der Waals surface area contributed by atoms with Crippen LogP contribution >= 0.6 is 0 Å². The number of ether oxygens (including phenoxy) is 1. The predicted octanol–water partition coefficient (Wildman–Crippen LogP) is -1.11. The van der Waals surface area contributed by atoms with E-state index in [9.17, 15) is 13.2 Å². The number of aliphatic hydroxyl groups excluding tert-OH is 1. The minimum Gasteiger partial charge on any atom is -0.395 e. The molecule has 0 aliphatic rings. The Hall–Kier alpha value is -0.660. The summed E-state index contributed by atoms with van der Waals surface area (Å²) in [6.07, 6.45) is 1.04. The molecule has 16 heavy (non-hydrogen) atoms. The van der Waals surface area contributed by atoms with E-state index < -0.39 is 9.84 Å². The molecule has 0 atom stereocenters. The van der Waals surface area contributed by atoms with Gasteiger partial charge in [0.1, 0.15) is 9.84 Å². The van der Waals surface area contributed by atoms with Crippen LogP contribution in [0.2, 0.25) is 0 Å². The number of hydrogen-bond acceptors (Lipinski definition) is 5. The molecule has 1 amide bonds. The number of rotatable bonds is 8. The van der Waals surface area contributed by atoms with E-state index in [1.807, 2.05) is 0 Å². The van der Waals surface area contributed by atoms with Gasteiger partial charge in [-0.3, -0.25) is 4.79 Å². The van der Waals surface area contributed by atoms with Crippen LogP contribution in [0.15, 0.2) is 0 Å². The summed E-state index contributed by atoms with van der Waals surface area (Å²) in [5, 5.41) is 8.76. The van der Waals surface area contributed by atoms with E-state index >= 15 is 0 Å². The molecule has 0 aromatic rings. The van der Waals surface area contributed by atoms with Crippen LogP contribution in [0.4, 0.5) is 0 Å². The highest BCUT2D eigenvalue weighted by Gasteiger charge is 2.14. The van der Waals surface area contributed by atoms with Crippen molar-refractivity contribution in [2.75, 3.05) is 45.4 Å². The number of nitrogens with zero attached hydrogens (tertiary/aromatic N) is 1. The fourth-order valence-electron chi connectivity index (χ4n) is 1.11. The van der Waals surface area contributed by atoms with Crippen molar-refractivity contribution < 1.29 is 23.1 Å². The highest BCUT2D eigenvalue weighted by molar-refractivity contribution is 7.90. The largest absolute Gasteiger partial charge is 0.395 e. The van der Waals surface area contributed by atoms with E-state index in [-0.39, 0.29) is 31.2 Å². The zero-order chi connectivity index (χ0) is 12.6. The number of hydrogen-bond donors (Lipinski definition) is 1. The SMILES string of the molecule is COCCN(CCO)C(=O)CCS(C)(=O)=O. The van der Waals surface area contributed by atoms with Gasteiger partial charge in [0.15, 0.2) is 0 Å². The van der Waals surface area contributed by atoms with Gasteiger partial charge in [0.25, 0.3) is 0 Å². The number of aliphatic hydroxyl groups is 1. The number of methoxy groups -OCH3 is 1. The van der Waals surface area contributed by atoms with Crippen LogP contribution in [0.1, 0.15) is 6.42 Å². The Kier molecular flexibility index (Phi) is 7.27. The summed E-state index contributed by atoms with van der Waals surface area (Å²) in [4.78, 5) is 13.0. The van der Waals surface area contributed by atoms with Gasteiger partial charge in [-0.05, 0) is 0 Å². The molecule has 0 saturated carbocycles. The highest BCUT2D eigenvalue weighted by Crippen LogP contribution is 1.97. The summed E-state index contributed by atoms with van der Waals surface area (Å²) in [6, 6.07) is 0. The maximum Gasteiger partial charge on any atom is 0.223 e. The van der Waals surface area contributed by atoms with E-state index in [0.29, 0.717) is 13.2 Å². The fourth-order valence-corrected chi connectivity index (χ4v) is 1.66. The summed E-state index contributed by atoms with van der Waals surface area (Å²) in [6.45, 7) is 0.782. The number of sulfone groups is 1. The fraction of sp³-hybridized carbons (Fsp3) is 0.889. The van der Waals surface area contributed by atoms with Crippen molar-refractivity contribution in [2.24, 2.45) is 0 Å². The molecule has 0 bridgehead atoms. The van der Waals surface area contributed by atoms with Gasteiger partial charge in [-0.1, -0.05) is 0 Å². The Morgan fingerprint density at radius 2 is 2.00 bits per heavy atom. The minimum atomic E-state index is -3.13. The molecule has 0 aromatic carbocycles. The molecule has 0 aromatic heterocycles. The van der Waals surface area contributed by atoms with Crippen molar-refractivity contribution in [1.82, 2.24) is 4.90 Å². The predicted molar refractivity (Wildman–Crippen MR) is 59.9 cm³/mol. The molecule has 0 fully saturated rings. The summed E-state index contributed by atoms with van der Waals surface area (Å²) in [5.41, 5.74) is 0. The number of carbonyl (C=O) groups excluding carboxylic acids is 1. The van der Waals surface area contributed by atoms with E-state index in [1.54, 1.807) is 0 Å². The molecule has 96 valence electrons. The van der Waals surface area contributed by atoms with Crippen LogP contribution in [0.3, 0.4) is 0 Å². The molecule has 0 heterocycles. The van der Waals surface area contributed by atoms with Crippen LogP contribution in [0.5, 0.6) is 0 Å². The van der Waals surface area contributed by atoms with Gasteiger partial charge in [-0.2, -0.15) is 0 Å². The first kappa shape index (κ1) is 15.3. The van der Waals surface area contributed by atoms with Crippen molar-refractivity contribution in [2.45, 2.75) is 6.42 Å². The molecule has 0 rings (SSSR count). The van der Waals surface area contributed by atoms with Crippen molar-refractivity contribution in [3.63, 3.8) is 0 Å². The Morgan fingerprint density at radius 3 is 2.44 bits per heavy atom. The van der Waals surface area contributed by atoms with Gasteiger partial charge in [0.05, 0.1) is 19.0 Å². The summed E-state index contributed by atoms with van der Waals surface area (Å²) >= 11 is 0. The lowest BCUT2D eigenvalue weighted by molar-refractivity contribution is -0.131. The van der Waals surface area contributed by atoms with Crippen molar-refractivity contribution in [3.8, 4) is 0 Å². The lowest BCUT2D eigenvalue weighted by Crippen LogP contribution is -2.36. The second kappa shape index (κ2) is 7.59. The van der Waals surface area contributed by atoms with Crippen LogP contribution < -0.4 is 0 Å². The third kappa shape index (κ3) is 7.61. The average molecular weight is 253 g/mol. The van der Waals surface area contributed by atoms with Gasteiger partial charge in [-0.25, -0.2) is 8.42 Å². The molecule has 0 aliphatic carbocycles. The lowest BCUT2D eigenvalue weighted by atomic mass is 10.3. The monoisotopic (exact) mass is 253 g/mol. The molecule has 0 spiro atoms. The molecule has 0 radical (unpaired) electrons. The van der Waals surface area contributed by atoms with E-state index in [0.717, 1.165) is 6.26 Å². The summed E-state index contributed by atoms with van der Waals surface area (Å²) in [7, 11) is -1.62. The topological polar surface area (TPSA) is 83.9 Å². The molecule has 1 N–H and O–H groups in total. The smallest absolute Gasteiger partial charge is 0.223 e. The number of carbonyl (C=O) groups is 1. The van der Waals surface area contributed by atoms with Crippen LogP contribution in [-0.4, -0.2) is 69.8 Å².